The largest absolute Gasteiger partial charge is 0.491 e. The van der Waals surface area contributed by atoms with Gasteiger partial charge in [-0.1, -0.05) is 18.2 Å². The summed E-state index contributed by atoms with van der Waals surface area (Å²) in [5.74, 6) is 1.08. The van der Waals surface area contributed by atoms with Gasteiger partial charge < -0.3 is 20.5 Å². The van der Waals surface area contributed by atoms with Gasteiger partial charge in [0.25, 0.3) is 5.91 Å². The van der Waals surface area contributed by atoms with Crippen molar-refractivity contribution in [1.29, 1.82) is 0 Å². The number of primary amides is 1. The second-order valence-corrected chi connectivity index (χ2v) is 7.47. The maximum Gasteiger partial charge on any atom is 0.252 e. The molecule has 10 nitrogen and oxygen atoms in total. The van der Waals surface area contributed by atoms with Crippen LogP contribution in [0.25, 0.3) is 22.4 Å². The molecule has 0 atom stereocenters. The molecule has 10 heteroatoms. The van der Waals surface area contributed by atoms with Crippen LogP contribution in [-0.2, 0) is 11.3 Å². The number of aromatic nitrogens is 5. The van der Waals surface area contributed by atoms with Crippen LogP contribution in [0, 0.1) is 5.92 Å². The summed E-state index contributed by atoms with van der Waals surface area (Å²) in [4.78, 5) is 24.9. The maximum atomic E-state index is 11.8. The fourth-order valence-corrected chi connectivity index (χ4v) is 3.62. The van der Waals surface area contributed by atoms with Crippen LogP contribution >= 0.6 is 0 Å². The van der Waals surface area contributed by atoms with Crippen molar-refractivity contribution in [2.45, 2.75) is 6.54 Å². The average molecular weight is 431 g/mol. The number of anilines is 2. The minimum absolute atomic E-state index is 0.243. The van der Waals surface area contributed by atoms with Crippen LogP contribution < -0.4 is 15.8 Å². The molecule has 4 aromatic rings. The number of carbonyl (C=O) groups is 1. The number of benzene rings is 1. The Morgan fingerprint density at radius 2 is 2.12 bits per heavy atom. The molecule has 0 radical (unpaired) electrons. The lowest BCUT2D eigenvalue weighted by atomic mass is 10.1. The third kappa shape index (κ3) is 3.60. The Bertz CT molecular complexity index is 1300. The van der Waals surface area contributed by atoms with E-state index in [9.17, 15) is 4.79 Å². The number of ether oxygens (including phenoxy) is 2. The number of nitrogens with two attached hydrogens (primary N) is 1. The first-order chi connectivity index (χ1) is 15.6. The van der Waals surface area contributed by atoms with E-state index in [1.165, 1.54) is 13.3 Å². The molecule has 3 aromatic heterocycles. The maximum absolute atomic E-state index is 11.8. The highest BCUT2D eigenvalue weighted by Gasteiger charge is 2.23. The summed E-state index contributed by atoms with van der Waals surface area (Å²) < 4.78 is 12.7. The van der Waals surface area contributed by atoms with E-state index in [1.54, 1.807) is 18.5 Å². The van der Waals surface area contributed by atoms with Gasteiger partial charge in [-0.25, -0.2) is 9.97 Å². The number of nitrogens with one attached hydrogen (secondary N) is 1. The average Bonchev–Trinajstić information content (AvgIpc) is 3.15. The molecule has 4 heterocycles. The summed E-state index contributed by atoms with van der Waals surface area (Å²) in [7, 11) is 1.52. The molecule has 1 aromatic carbocycles. The molecule has 0 unspecified atom stereocenters. The normalized spacial score (nSPS) is 13.7. The molecule has 3 N–H and O–H groups in total. The van der Waals surface area contributed by atoms with Crippen LogP contribution in [0.3, 0.4) is 0 Å². The fraction of sp³-hybridized carbons (Fsp3) is 0.227. The zero-order valence-electron chi connectivity index (χ0n) is 17.4. The van der Waals surface area contributed by atoms with Crippen LogP contribution in [0.15, 0.2) is 48.9 Å². The number of hydrogen-bond acceptors (Lipinski definition) is 8. The van der Waals surface area contributed by atoms with E-state index in [0.29, 0.717) is 34.7 Å². The van der Waals surface area contributed by atoms with Gasteiger partial charge in [0.05, 0.1) is 43.3 Å². The van der Waals surface area contributed by atoms with E-state index in [1.807, 2.05) is 28.9 Å². The number of para-hydroxylation sites is 1. The van der Waals surface area contributed by atoms with Crippen molar-refractivity contribution < 1.29 is 14.3 Å². The van der Waals surface area contributed by atoms with Gasteiger partial charge in [-0.05, 0) is 12.1 Å². The van der Waals surface area contributed by atoms with Crippen molar-refractivity contribution in [2.24, 2.45) is 11.7 Å². The number of nitrogens with zero attached hydrogens (tertiary/aromatic N) is 5. The van der Waals surface area contributed by atoms with Crippen molar-refractivity contribution in [2.75, 3.05) is 25.6 Å². The summed E-state index contributed by atoms with van der Waals surface area (Å²) in [5, 5.41) is 8.88. The van der Waals surface area contributed by atoms with E-state index in [2.05, 4.69) is 20.3 Å². The van der Waals surface area contributed by atoms with Gasteiger partial charge in [-0.15, -0.1) is 0 Å². The standard InChI is InChI=1S/C22H21N7O3/c1-31-18-9-25-22(27-21(18)26-16-6-7-24-8-15(16)20(23)30)19-14-4-2-3-5-17(14)29(28-19)10-13-11-32-12-13/h2-9,13H,10-12H2,1H3,(H2,23,30)(H,24,25,26,27). The second-order valence-electron chi connectivity index (χ2n) is 7.47. The Labute approximate surface area is 183 Å². The Kier molecular flexibility index (Phi) is 5.12. The summed E-state index contributed by atoms with van der Waals surface area (Å²) in [5.41, 5.74) is 7.86. The van der Waals surface area contributed by atoms with Gasteiger partial charge in [0.15, 0.2) is 17.4 Å². The van der Waals surface area contributed by atoms with Crippen molar-refractivity contribution in [3.8, 4) is 17.3 Å². The highest BCUT2D eigenvalue weighted by atomic mass is 16.5. The summed E-state index contributed by atoms with van der Waals surface area (Å²) >= 11 is 0. The molecular weight excluding hydrogens is 410 g/mol. The highest BCUT2D eigenvalue weighted by molar-refractivity contribution is 5.99. The van der Waals surface area contributed by atoms with Crippen molar-refractivity contribution in [3.05, 3.63) is 54.5 Å². The number of pyridine rings is 1. The first-order valence-electron chi connectivity index (χ1n) is 10.1. The lowest BCUT2D eigenvalue weighted by molar-refractivity contribution is -0.0402. The Morgan fingerprint density at radius 1 is 1.28 bits per heavy atom. The van der Waals surface area contributed by atoms with Gasteiger partial charge in [-0.3, -0.25) is 14.5 Å². The van der Waals surface area contributed by atoms with Crippen LogP contribution in [0.2, 0.25) is 0 Å². The van der Waals surface area contributed by atoms with Gasteiger partial charge in [0.1, 0.15) is 5.69 Å². The van der Waals surface area contributed by atoms with Crippen LogP contribution in [0.1, 0.15) is 10.4 Å². The predicted octanol–water partition coefficient (Wildman–Crippen LogP) is 2.39. The van der Waals surface area contributed by atoms with E-state index in [0.717, 1.165) is 30.7 Å². The lowest BCUT2D eigenvalue weighted by Crippen LogP contribution is -2.31. The topological polar surface area (TPSA) is 130 Å². The molecule has 1 aliphatic heterocycles. The number of hydrogen-bond donors (Lipinski definition) is 2. The summed E-state index contributed by atoms with van der Waals surface area (Å²) in [6.07, 6.45) is 4.53. The Hall–Kier alpha value is -4.05. The Balaban J connectivity index is 1.57. The number of rotatable bonds is 7. The van der Waals surface area contributed by atoms with Crippen molar-refractivity contribution in [3.63, 3.8) is 0 Å². The minimum atomic E-state index is -0.599. The van der Waals surface area contributed by atoms with E-state index in [-0.39, 0.29) is 5.56 Å². The van der Waals surface area contributed by atoms with Gasteiger partial charge in [0, 0.05) is 30.2 Å². The zero-order valence-corrected chi connectivity index (χ0v) is 17.4. The second kappa shape index (κ2) is 8.23. The third-order valence-electron chi connectivity index (χ3n) is 5.32. The highest BCUT2D eigenvalue weighted by Crippen LogP contribution is 2.31. The molecule has 0 aliphatic carbocycles. The van der Waals surface area contributed by atoms with E-state index >= 15 is 0 Å². The molecule has 0 spiro atoms. The number of amides is 1. The van der Waals surface area contributed by atoms with Crippen LogP contribution in [0.5, 0.6) is 5.75 Å². The molecule has 5 rings (SSSR count). The molecule has 162 valence electrons. The van der Waals surface area contributed by atoms with Crippen LogP contribution in [-0.4, -0.2) is 51.0 Å². The van der Waals surface area contributed by atoms with Gasteiger partial charge in [0.2, 0.25) is 0 Å². The van der Waals surface area contributed by atoms with E-state index < -0.39 is 5.91 Å². The van der Waals surface area contributed by atoms with Crippen molar-refractivity contribution >= 4 is 28.3 Å². The molecular formula is C22H21N7O3. The molecule has 32 heavy (non-hydrogen) atoms. The molecule has 1 aliphatic rings. The predicted molar refractivity (Wildman–Crippen MR) is 118 cm³/mol. The number of fused-ring (bicyclic) bond motifs is 1. The monoisotopic (exact) mass is 431 g/mol. The summed E-state index contributed by atoms with van der Waals surface area (Å²) in [6, 6.07) is 9.62. The third-order valence-corrected chi connectivity index (χ3v) is 5.32. The fourth-order valence-electron chi connectivity index (χ4n) is 3.62. The molecule has 0 bridgehead atoms. The number of carbonyl (C=O) groups excluding carboxylic acids is 1. The lowest BCUT2D eigenvalue weighted by Gasteiger charge is -2.25. The smallest absolute Gasteiger partial charge is 0.252 e. The molecule has 1 amide bonds. The zero-order chi connectivity index (χ0) is 22.1. The van der Waals surface area contributed by atoms with E-state index in [4.69, 9.17) is 20.3 Å². The molecule has 1 saturated heterocycles. The SMILES string of the molecule is COc1cnc(-c2nn(CC3COC3)c3ccccc23)nc1Nc1ccncc1C(N)=O. The first-order valence-corrected chi connectivity index (χ1v) is 10.1. The minimum Gasteiger partial charge on any atom is -0.491 e. The van der Waals surface area contributed by atoms with Crippen LogP contribution in [0.4, 0.5) is 11.5 Å². The summed E-state index contributed by atoms with van der Waals surface area (Å²) in [6.45, 7) is 2.25. The van der Waals surface area contributed by atoms with Gasteiger partial charge >= 0.3 is 0 Å². The Morgan fingerprint density at radius 3 is 2.88 bits per heavy atom. The van der Waals surface area contributed by atoms with Crippen molar-refractivity contribution in [1.82, 2.24) is 24.7 Å². The molecule has 1 fully saturated rings. The quantitative estimate of drug-likeness (QED) is 0.456. The van der Waals surface area contributed by atoms with Gasteiger partial charge in [-0.2, -0.15) is 5.10 Å². The molecule has 0 saturated carbocycles. The first kappa shape index (κ1) is 19.9. The number of methoxy groups -OCH3 is 1.